The predicted molar refractivity (Wildman–Crippen MR) is 69.2 cm³/mol. The molecule has 0 aromatic rings. The van der Waals surface area contributed by atoms with Gasteiger partial charge >= 0.3 is 5.95 Å². The Morgan fingerprint density at radius 1 is 1.53 bits per heavy atom. The number of fused-ring (bicyclic) bond motifs is 1. The highest BCUT2D eigenvalue weighted by atomic mass is 16.6. The molecule has 0 fully saturated rings. The molecule has 0 bridgehead atoms. The van der Waals surface area contributed by atoms with Crippen molar-refractivity contribution in [2.45, 2.75) is 6.92 Å². The second kappa shape index (κ2) is 5.06. The number of carbonyl (C=O) groups is 1. The molecule has 0 unspecified atom stereocenters. The molecule has 1 aliphatic carbocycles. The van der Waals surface area contributed by atoms with Crippen LogP contribution in [0.25, 0.3) is 11.1 Å². The molecule has 0 aromatic carbocycles. The summed E-state index contributed by atoms with van der Waals surface area (Å²) < 4.78 is 15.7. The Morgan fingerprint density at radius 3 is 2.84 bits per heavy atom. The standard InChI is InChI=1S/C14H14O5/c1-4-7-18-14-12(17-3)11-9(8(2)15)5-6-10(11)13(16)19-14/h4-6,16H,1,7H2,2-3H3. The van der Waals surface area contributed by atoms with Crippen LogP contribution in [0.4, 0.5) is 0 Å². The SMILES string of the molecule is C=CCOc1oc(O)c2ccc(C(C)=O)c-2c1OC. The van der Waals surface area contributed by atoms with Crippen LogP contribution >= 0.6 is 0 Å². The van der Waals surface area contributed by atoms with Crippen molar-refractivity contribution in [1.82, 2.24) is 0 Å². The maximum Gasteiger partial charge on any atom is 0.332 e. The summed E-state index contributed by atoms with van der Waals surface area (Å²) in [6.45, 7) is 5.17. The summed E-state index contributed by atoms with van der Waals surface area (Å²) >= 11 is 0. The second-order valence-corrected chi connectivity index (χ2v) is 3.92. The molecule has 100 valence electrons. The lowest BCUT2D eigenvalue weighted by Crippen LogP contribution is -2.00. The van der Waals surface area contributed by atoms with Gasteiger partial charge in [0, 0.05) is 11.1 Å². The third-order valence-corrected chi connectivity index (χ3v) is 2.70. The van der Waals surface area contributed by atoms with Crippen molar-refractivity contribution in [3.05, 3.63) is 30.4 Å². The Morgan fingerprint density at radius 2 is 2.26 bits per heavy atom. The van der Waals surface area contributed by atoms with Crippen molar-refractivity contribution in [1.29, 1.82) is 0 Å². The number of methoxy groups -OCH3 is 1. The molecule has 2 rings (SSSR count). The molecule has 5 nitrogen and oxygen atoms in total. The van der Waals surface area contributed by atoms with Crippen LogP contribution in [-0.2, 0) is 0 Å². The van der Waals surface area contributed by atoms with Crippen molar-refractivity contribution in [2.75, 3.05) is 13.7 Å². The Labute approximate surface area is 110 Å². The third-order valence-electron chi connectivity index (χ3n) is 2.70. The van der Waals surface area contributed by atoms with Crippen molar-refractivity contribution in [3.8, 4) is 28.8 Å². The molecule has 0 aromatic heterocycles. The molecule has 0 atom stereocenters. The first-order valence-electron chi connectivity index (χ1n) is 5.67. The quantitative estimate of drug-likeness (QED) is 0.662. The number of hydrogen-bond acceptors (Lipinski definition) is 5. The number of ether oxygens (including phenoxy) is 2. The molecule has 1 aliphatic heterocycles. The molecular weight excluding hydrogens is 248 g/mol. The molecule has 1 heterocycles. The summed E-state index contributed by atoms with van der Waals surface area (Å²) in [7, 11) is 1.44. The fourth-order valence-electron chi connectivity index (χ4n) is 1.90. The van der Waals surface area contributed by atoms with E-state index >= 15 is 0 Å². The normalized spacial score (nSPS) is 10.4. The number of hydrogen-bond donors (Lipinski definition) is 1. The van der Waals surface area contributed by atoms with E-state index in [9.17, 15) is 9.90 Å². The molecule has 0 radical (unpaired) electrons. The first-order chi connectivity index (χ1) is 9.10. The zero-order chi connectivity index (χ0) is 14.0. The highest BCUT2D eigenvalue weighted by Gasteiger charge is 2.27. The number of rotatable bonds is 5. The van der Waals surface area contributed by atoms with Gasteiger partial charge in [-0.15, -0.1) is 0 Å². The molecule has 0 spiro atoms. The summed E-state index contributed by atoms with van der Waals surface area (Å²) in [5.41, 5.74) is 1.34. The van der Waals surface area contributed by atoms with Crippen LogP contribution < -0.4 is 9.47 Å². The molecule has 5 heteroatoms. The van der Waals surface area contributed by atoms with Gasteiger partial charge in [0.05, 0.1) is 12.7 Å². The van der Waals surface area contributed by atoms with Crippen molar-refractivity contribution >= 4 is 5.78 Å². The van der Waals surface area contributed by atoms with E-state index in [1.54, 1.807) is 12.1 Å². The maximum atomic E-state index is 11.6. The second-order valence-electron chi connectivity index (χ2n) is 3.92. The van der Waals surface area contributed by atoms with E-state index in [1.165, 1.54) is 20.1 Å². The van der Waals surface area contributed by atoms with Gasteiger partial charge in [0.2, 0.25) is 5.75 Å². The Kier molecular flexibility index (Phi) is 3.46. The van der Waals surface area contributed by atoms with Gasteiger partial charge in [-0.25, -0.2) is 0 Å². The van der Waals surface area contributed by atoms with Crippen LogP contribution in [0.1, 0.15) is 17.3 Å². The number of aromatic hydroxyl groups is 1. The van der Waals surface area contributed by atoms with Crippen LogP contribution in [0.3, 0.4) is 0 Å². The van der Waals surface area contributed by atoms with Crippen molar-refractivity contribution < 1.29 is 23.8 Å². The number of ketones is 1. The van der Waals surface area contributed by atoms with E-state index < -0.39 is 0 Å². The van der Waals surface area contributed by atoms with Gasteiger partial charge in [-0.2, -0.15) is 0 Å². The first kappa shape index (κ1) is 13.0. The molecule has 0 saturated heterocycles. The average molecular weight is 262 g/mol. The first-order valence-corrected chi connectivity index (χ1v) is 5.67. The van der Waals surface area contributed by atoms with E-state index in [-0.39, 0.29) is 30.0 Å². The third kappa shape index (κ3) is 2.14. The van der Waals surface area contributed by atoms with Gasteiger partial charge in [-0.1, -0.05) is 12.7 Å². The average Bonchev–Trinajstić information content (AvgIpc) is 2.81. The summed E-state index contributed by atoms with van der Waals surface area (Å²) in [4.78, 5) is 11.6. The highest BCUT2D eigenvalue weighted by molar-refractivity contribution is 6.04. The highest BCUT2D eigenvalue weighted by Crippen LogP contribution is 2.48. The van der Waals surface area contributed by atoms with Crippen LogP contribution in [0, 0.1) is 0 Å². The summed E-state index contributed by atoms with van der Waals surface area (Å²) in [5, 5.41) is 9.83. The van der Waals surface area contributed by atoms with E-state index in [4.69, 9.17) is 13.9 Å². The molecular formula is C14H14O5. The van der Waals surface area contributed by atoms with Crippen LogP contribution in [0.2, 0.25) is 0 Å². The minimum Gasteiger partial charge on any atom is -0.490 e. The molecule has 19 heavy (non-hydrogen) atoms. The Balaban J connectivity index is 2.69. The van der Waals surface area contributed by atoms with Gasteiger partial charge < -0.3 is 19.0 Å². The molecule has 0 saturated carbocycles. The largest absolute Gasteiger partial charge is 0.490 e. The van der Waals surface area contributed by atoms with Crippen molar-refractivity contribution in [3.63, 3.8) is 0 Å². The summed E-state index contributed by atoms with van der Waals surface area (Å²) in [6, 6.07) is 3.22. The molecule has 1 N–H and O–H groups in total. The topological polar surface area (TPSA) is 68.9 Å². The monoisotopic (exact) mass is 262 g/mol. The predicted octanol–water partition coefficient (Wildman–Crippen LogP) is 2.87. The van der Waals surface area contributed by atoms with Gasteiger partial charge in [-0.3, -0.25) is 4.79 Å². The Hall–Kier alpha value is -2.43. The Bertz CT molecular complexity index is 596. The van der Waals surface area contributed by atoms with Crippen LogP contribution in [-0.4, -0.2) is 24.6 Å². The fourth-order valence-corrected chi connectivity index (χ4v) is 1.90. The van der Waals surface area contributed by atoms with Crippen LogP contribution in [0.15, 0.2) is 29.2 Å². The summed E-state index contributed by atoms with van der Waals surface area (Å²) in [5.74, 6) is -0.151. The van der Waals surface area contributed by atoms with E-state index in [0.29, 0.717) is 16.7 Å². The van der Waals surface area contributed by atoms with Crippen LogP contribution in [0.5, 0.6) is 17.6 Å². The van der Waals surface area contributed by atoms with E-state index in [1.807, 2.05) is 0 Å². The van der Waals surface area contributed by atoms with Gasteiger partial charge in [0.1, 0.15) is 6.61 Å². The summed E-state index contributed by atoms with van der Waals surface area (Å²) in [6.07, 6.45) is 1.53. The zero-order valence-electron chi connectivity index (χ0n) is 10.7. The lowest BCUT2D eigenvalue weighted by Gasteiger charge is -2.14. The van der Waals surface area contributed by atoms with Gasteiger partial charge in [0.25, 0.3) is 5.95 Å². The van der Waals surface area contributed by atoms with Crippen molar-refractivity contribution in [2.24, 2.45) is 0 Å². The lowest BCUT2D eigenvalue weighted by molar-refractivity contribution is 0.101. The maximum absolute atomic E-state index is 11.6. The van der Waals surface area contributed by atoms with Gasteiger partial charge in [0.15, 0.2) is 5.78 Å². The smallest absolute Gasteiger partial charge is 0.332 e. The van der Waals surface area contributed by atoms with E-state index in [0.717, 1.165) is 0 Å². The number of carbonyl (C=O) groups excluding carboxylic acids is 1. The minimum absolute atomic E-state index is 0.0149. The molecule has 2 aliphatic rings. The minimum atomic E-state index is -0.317. The van der Waals surface area contributed by atoms with Gasteiger partial charge in [-0.05, 0) is 19.1 Å². The number of Topliss-reactive ketones (excluding diaryl/α,β-unsaturated/α-hetero) is 1. The fraction of sp³-hybridized carbons (Fsp3) is 0.214. The zero-order valence-corrected chi connectivity index (χ0v) is 10.7. The lowest BCUT2D eigenvalue weighted by atomic mass is 10.1. The molecule has 0 amide bonds. The van der Waals surface area contributed by atoms with E-state index in [2.05, 4.69) is 6.58 Å².